The van der Waals surface area contributed by atoms with E-state index in [1.807, 2.05) is 0 Å². The smallest absolute Gasteiger partial charge is 0.150 e. The van der Waals surface area contributed by atoms with Crippen LogP contribution in [0.3, 0.4) is 0 Å². The molecule has 2 aliphatic rings. The highest BCUT2D eigenvalue weighted by atomic mass is 19.1. The lowest BCUT2D eigenvalue weighted by Gasteiger charge is -2.21. The second-order valence-corrected chi connectivity index (χ2v) is 5.33. The number of carbonyl (C=O) groups excluding carboxylic acids is 1. The predicted octanol–water partition coefficient (Wildman–Crippen LogP) is 1.85. The number of aldehydes is 1. The van der Waals surface area contributed by atoms with Crippen molar-refractivity contribution in [2.45, 2.75) is 18.9 Å². The Morgan fingerprint density at radius 1 is 1.28 bits per heavy atom. The highest BCUT2D eigenvalue weighted by Gasteiger charge is 2.41. The number of rotatable bonds is 2. The van der Waals surface area contributed by atoms with Crippen molar-refractivity contribution in [1.82, 2.24) is 0 Å². The van der Waals surface area contributed by atoms with Crippen LogP contribution in [0.15, 0.2) is 18.2 Å². The van der Waals surface area contributed by atoms with Crippen molar-refractivity contribution in [3.63, 3.8) is 0 Å². The topological polar surface area (TPSA) is 40.5 Å². The molecule has 1 aromatic carbocycles. The van der Waals surface area contributed by atoms with Crippen LogP contribution in [-0.2, 0) is 0 Å². The number of carbonyl (C=O) groups is 1. The summed E-state index contributed by atoms with van der Waals surface area (Å²) in [7, 11) is 0. The monoisotopic (exact) mass is 249 g/mol. The molecule has 1 aliphatic carbocycles. The average molecular weight is 249 g/mol. The van der Waals surface area contributed by atoms with Crippen LogP contribution in [-0.4, -0.2) is 30.6 Å². The third-order valence-corrected chi connectivity index (χ3v) is 4.23. The van der Waals surface area contributed by atoms with E-state index in [1.54, 1.807) is 6.07 Å². The molecule has 96 valence electrons. The highest BCUT2D eigenvalue weighted by molar-refractivity contribution is 5.77. The molecule has 1 heterocycles. The molecule has 0 spiro atoms. The SMILES string of the molecule is O=Cc1cc(F)cc(N2CC3CCC(O)C3C2)c1. The van der Waals surface area contributed by atoms with Gasteiger partial charge in [-0.1, -0.05) is 0 Å². The van der Waals surface area contributed by atoms with Gasteiger partial charge in [0.15, 0.2) is 0 Å². The Morgan fingerprint density at radius 2 is 2.11 bits per heavy atom. The first kappa shape index (κ1) is 11.7. The van der Waals surface area contributed by atoms with E-state index in [0.29, 0.717) is 23.7 Å². The van der Waals surface area contributed by atoms with E-state index >= 15 is 0 Å². The number of benzene rings is 1. The molecule has 3 rings (SSSR count). The van der Waals surface area contributed by atoms with Crippen LogP contribution in [0.2, 0.25) is 0 Å². The molecule has 3 unspecified atom stereocenters. The molecule has 3 atom stereocenters. The lowest BCUT2D eigenvalue weighted by atomic mass is 10.00. The summed E-state index contributed by atoms with van der Waals surface area (Å²) < 4.78 is 13.4. The fourth-order valence-electron chi connectivity index (χ4n) is 3.29. The molecule has 1 aliphatic heterocycles. The Morgan fingerprint density at radius 3 is 2.83 bits per heavy atom. The van der Waals surface area contributed by atoms with Crippen molar-refractivity contribution >= 4 is 12.0 Å². The lowest BCUT2D eigenvalue weighted by molar-refractivity contribution is 0.112. The third kappa shape index (κ3) is 1.90. The number of halogens is 1. The van der Waals surface area contributed by atoms with Gasteiger partial charge in [-0.05, 0) is 37.0 Å². The summed E-state index contributed by atoms with van der Waals surface area (Å²) in [6.45, 7) is 1.61. The van der Waals surface area contributed by atoms with Crippen molar-refractivity contribution in [3.8, 4) is 0 Å². The Labute approximate surface area is 105 Å². The number of hydrogen-bond acceptors (Lipinski definition) is 3. The predicted molar refractivity (Wildman–Crippen MR) is 66.2 cm³/mol. The Bertz CT molecular complexity index is 477. The number of aliphatic hydroxyl groups excluding tert-OH is 1. The van der Waals surface area contributed by atoms with Crippen LogP contribution in [0.1, 0.15) is 23.2 Å². The number of nitrogens with zero attached hydrogens (tertiary/aromatic N) is 1. The fourth-order valence-corrected chi connectivity index (χ4v) is 3.29. The standard InChI is InChI=1S/C14H16FNO2/c15-11-3-9(8-17)4-12(5-11)16-6-10-1-2-14(18)13(10)7-16/h3-5,8,10,13-14,18H,1-2,6-7H2. The third-order valence-electron chi connectivity index (χ3n) is 4.23. The molecule has 3 nitrogen and oxygen atoms in total. The molecule has 1 N–H and O–H groups in total. The van der Waals surface area contributed by atoms with E-state index in [9.17, 15) is 14.3 Å². The summed E-state index contributed by atoms with van der Waals surface area (Å²) in [5, 5.41) is 9.86. The first-order valence-corrected chi connectivity index (χ1v) is 6.36. The van der Waals surface area contributed by atoms with Gasteiger partial charge in [0.25, 0.3) is 0 Å². The molecule has 1 saturated carbocycles. The minimum absolute atomic E-state index is 0.223. The molecule has 0 radical (unpaired) electrons. The summed E-state index contributed by atoms with van der Waals surface area (Å²) in [6, 6.07) is 4.41. The average Bonchev–Trinajstić information content (AvgIpc) is 2.91. The Kier molecular flexibility index (Phi) is 2.82. The zero-order valence-electron chi connectivity index (χ0n) is 10.1. The maximum atomic E-state index is 13.4. The van der Waals surface area contributed by atoms with Crippen molar-refractivity contribution in [2.24, 2.45) is 11.8 Å². The van der Waals surface area contributed by atoms with Crippen LogP contribution in [0.4, 0.5) is 10.1 Å². The van der Waals surface area contributed by atoms with Gasteiger partial charge in [-0.2, -0.15) is 0 Å². The highest BCUT2D eigenvalue weighted by Crippen LogP contribution is 2.40. The zero-order chi connectivity index (χ0) is 12.7. The van der Waals surface area contributed by atoms with Gasteiger partial charge >= 0.3 is 0 Å². The molecule has 2 fully saturated rings. The molecule has 0 bridgehead atoms. The van der Waals surface area contributed by atoms with Gasteiger partial charge in [0, 0.05) is 30.3 Å². The van der Waals surface area contributed by atoms with Gasteiger partial charge < -0.3 is 10.0 Å². The number of anilines is 1. The minimum Gasteiger partial charge on any atom is -0.393 e. The largest absolute Gasteiger partial charge is 0.393 e. The maximum Gasteiger partial charge on any atom is 0.150 e. The number of fused-ring (bicyclic) bond motifs is 1. The van der Waals surface area contributed by atoms with Crippen molar-refractivity contribution in [3.05, 3.63) is 29.6 Å². The molecular weight excluding hydrogens is 233 g/mol. The Balaban J connectivity index is 1.84. The van der Waals surface area contributed by atoms with E-state index in [-0.39, 0.29) is 11.9 Å². The van der Waals surface area contributed by atoms with Gasteiger partial charge in [0.2, 0.25) is 0 Å². The summed E-state index contributed by atoms with van der Waals surface area (Å²) in [5.74, 6) is 0.420. The second-order valence-electron chi connectivity index (χ2n) is 5.33. The number of aliphatic hydroxyl groups is 1. The molecule has 18 heavy (non-hydrogen) atoms. The summed E-state index contributed by atoms with van der Waals surface area (Å²) in [6.07, 6.45) is 2.36. The summed E-state index contributed by atoms with van der Waals surface area (Å²) >= 11 is 0. The van der Waals surface area contributed by atoms with Gasteiger partial charge in [-0.15, -0.1) is 0 Å². The fraction of sp³-hybridized carbons (Fsp3) is 0.500. The second kappa shape index (κ2) is 4.35. The van der Waals surface area contributed by atoms with Gasteiger partial charge in [-0.3, -0.25) is 4.79 Å². The minimum atomic E-state index is -0.382. The maximum absolute atomic E-state index is 13.4. The molecule has 0 aromatic heterocycles. The first-order valence-electron chi connectivity index (χ1n) is 6.36. The van der Waals surface area contributed by atoms with Crippen LogP contribution in [0.5, 0.6) is 0 Å². The van der Waals surface area contributed by atoms with E-state index in [4.69, 9.17) is 0 Å². The van der Waals surface area contributed by atoms with Gasteiger partial charge in [0.05, 0.1) is 6.10 Å². The van der Waals surface area contributed by atoms with Gasteiger partial charge in [-0.25, -0.2) is 4.39 Å². The zero-order valence-corrected chi connectivity index (χ0v) is 10.1. The van der Waals surface area contributed by atoms with Crippen molar-refractivity contribution in [2.75, 3.05) is 18.0 Å². The van der Waals surface area contributed by atoms with Crippen molar-refractivity contribution in [1.29, 1.82) is 0 Å². The molecule has 0 amide bonds. The summed E-state index contributed by atoms with van der Waals surface area (Å²) in [5.41, 5.74) is 1.11. The van der Waals surface area contributed by atoms with E-state index in [0.717, 1.165) is 31.6 Å². The summed E-state index contributed by atoms with van der Waals surface area (Å²) in [4.78, 5) is 12.8. The van der Waals surface area contributed by atoms with E-state index in [1.165, 1.54) is 12.1 Å². The quantitative estimate of drug-likeness (QED) is 0.813. The van der Waals surface area contributed by atoms with Gasteiger partial charge in [0.1, 0.15) is 12.1 Å². The normalized spacial score (nSPS) is 30.6. The van der Waals surface area contributed by atoms with Crippen molar-refractivity contribution < 1.29 is 14.3 Å². The van der Waals surface area contributed by atoms with Crippen LogP contribution >= 0.6 is 0 Å². The van der Waals surface area contributed by atoms with Crippen LogP contribution < -0.4 is 4.90 Å². The molecule has 4 heteroatoms. The molecular formula is C14H16FNO2. The molecule has 1 saturated heterocycles. The number of hydrogen-bond donors (Lipinski definition) is 1. The van der Waals surface area contributed by atoms with Crippen LogP contribution in [0, 0.1) is 17.7 Å². The van der Waals surface area contributed by atoms with E-state index < -0.39 is 0 Å². The first-order chi connectivity index (χ1) is 8.67. The van der Waals surface area contributed by atoms with E-state index in [2.05, 4.69) is 4.90 Å². The lowest BCUT2D eigenvalue weighted by Crippen LogP contribution is -2.24. The van der Waals surface area contributed by atoms with Crippen LogP contribution in [0.25, 0.3) is 0 Å². The molecule has 1 aromatic rings. The Hall–Kier alpha value is -1.42.